The van der Waals surface area contributed by atoms with Crippen LogP contribution in [-0.2, 0) is 11.3 Å². The number of ether oxygens (including phenoxy) is 1. The topological polar surface area (TPSA) is 58.6 Å². The number of carbonyl (C=O) groups is 2. The zero-order valence-electron chi connectivity index (χ0n) is 17.5. The molecule has 0 saturated carbocycles. The molecule has 3 rings (SSSR count). The number of hydrogen-bond acceptors (Lipinski definition) is 3. The molecule has 0 bridgehead atoms. The highest BCUT2D eigenvalue weighted by molar-refractivity contribution is 5.93. The molecule has 0 aromatic heterocycles. The Morgan fingerprint density at radius 2 is 1.50 bits per heavy atom. The smallest absolute Gasteiger partial charge is 0.263 e. The van der Waals surface area contributed by atoms with Gasteiger partial charge in [0.05, 0.1) is 0 Å². The van der Waals surface area contributed by atoms with E-state index >= 15 is 0 Å². The maximum atomic E-state index is 12.7. The maximum absolute atomic E-state index is 12.7. The number of nitrogens with one attached hydrogen (secondary N) is 1. The predicted molar refractivity (Wildman–Crippen MR) is 118 cm³/mol. The first kappa shape index (κ1) is 21.1. The molecule has 0 heterocycles. The first-order valence-electron chi connectivity index (χ1n) is 9.86. The van der Waals surface area contributed by atoms with Crippen molar-refractivity contribution in [2.75, 3.05) is 14.1 Å². The van der Waals surface area contributed by atoms with Gasteiger partial charge in [0.25, 0.3) is 11.8 Å². The Bertz CT molecular complexity index is 983. The van der Waals surface area contributed by atoms with Gasteiger partial charge in [0.1, 0.15) is 5.75 Å². The molecule has 5 heteroatoms. The standard InChI is InChI=1S/C25H26N2O3/c1-18(30-23-15-13-21(14-16-23)20-7-5-4-6-8-20)25(29)27(3)17-19-9-11-22(12-10-19)24(28)26-2/h4-16,18H,17H2,1-3H3,(H,26,28)/t18-/m0/s1. The van der Waals surface area contributed by atoms with E-state index in [0.29, 0.717) is 17.9 Å². The van der Waals surface area contributed by atoms with Gasteiger partial charge >= 0.3 is 0 Å². The number of likely N-dealkylation sites (N-methyl/N-ethyl adjacent to an activating group) is 1. The van der Waals surface area contributed by atoms with Crippen molar-refractivity contribution in [1.82, 2.24) is 10.2 Å². The van der Waals surface area contributed by atoms with Gasteiger partial charge in [-0.05, 0) is 47.9 Å². The summed E-state index contributed by atoms with van der Waals surface area (Å²) in [7, 11) is 3.34. The summed E-state index contributed by atoms with van der Waals surface area (Å²) in [5.74, 6) is 0.405. The second-order valence-electron chi connectivity index (χ2n) is 7.12. The van der Waals surface area contributed by atoms with E-state index in [9.17, 15) is 9.59 Å². The van der Waals surface area contributed by atoms with Gasteiger partial charge in [-0.1, -0.05) is 54.6 Å². The summed E-state index contributed by atoms with van der Waals surface area (Å²) in [6.45, 7) is 2.19. The maximum Gasteiger partial charge on any atom is 0.263 e. The van der Waals surface area contributed by atoms with Crippen LogP contribution in [0, 0.1) is 0 Å². The van der Waals surface area contributed by atoms with Crippen LogP contribution in [0.3, 0.4) is 0 Å². The molecule has 154 valence electrons. The van der Waals surface area contributed by atoms with Crippen LogP contribution in [0.1, 0.15) is 22.8 Å². The summed E-state index contributed by atoms with van der Waals surface area (Å²) in [4.78, 5) is 25.9. The van der Waals surface area contributed by atoms with Crippen molar-refractivity contribution in [2.45, 2.75) is 19.6 Å². The first-order chi connectivity index (χ1) is 14.5. The monoisotopic (exact) mass is 402 g/mol. The van der Waals surface area contributed by atoms with Gasteiger partial charge in [-0.25, -0.2) is 0 Å². The minimum Gasteiger partial charge on any atom is -0.481 e. The second-order valence-corrected chi connectivity index (χ2v) is 7.12. The summed E-state index contributed by atoms with van der Waals surface area (Å²) in [6.07, 6.45) is -0.609. The van der Waals surface area contributed by atoms with Crippen molar-refractivity contribution in [3.63, 3.8) is 0 Å². The second kappa shape index (κ2) is 9.74. The Labute approximate surface area is 177 Å². The fourth-order valence-electron chi connectivity index (χ4n) is 3.18. The van der Waals surface area contributed by atoms with Gasteiger partial charge < -0.3 is 15.0 Å². The highest BCUT2D eigenvalue weighted by Gasteiger charge is 2.19. The van der Waals surface area contributed by atoms with Crippen molar-refractivity contribution >= 4 is 11.8 Å². The lowest BCUT2D eigenvalue weighted by Gasteiger charge is -2.22. The molecule has 0 spiro atoms. The third kappa shape index (κ3) is 5.26. The van der Waals surface area contributed by atoms with Crippen LogP contribution in [0.25, 0.3) is 11.1 Å². The van der Waals surface area contributed by atoms with Crippen LogP contribution < -0.4 is 10.1 Å². The number of benzene rings is 3. The first-order valence-corrected chi connectivity index (χ1v) is 9.86. The zero-order chi connectivity index (χ0) is 21.5. The van der Waals surface area contributed by atoms with E-state index in [1.54, 1.807) is 38.1 Å². The Kier molecular flexibility index (Phi) is 6.86. The average Bonchev–Trinajstić information content (AvgIpc) is 2.79. The third-order valence-corrected chi connectivity index (χ3v) is 4.86. The lowest BCUT2D eigenvalue weighted by atomic mass is 10.1. The van der Waals surface area contributed by atoms with Crippen molar-refractivity contribution in [2.24, 2.45) is 0 Å². The number of amides is 2. The van der Waals surface area contributed by atoms with E-state index in [4.69, 9.17) is 4.74 Å². The van der Waals surface area contributed by atoms with Crippen LogP contribution in [0.4, 0.5) is 0 Å². The Morgan fingerprint density at radius 3 is 2.10 bits per heavy atom. The zero-order valence-corrected chi connectivity index (χ0v) is 17.5. The van der Waals surface area contributed by atoms with E-state index in [1.165, 1.54) is 0 Å². The molecule has 2 amide bonds. The molecule has 3 aromatic carbocycles. The van der Waals surface area contributed by atoms with Gasteiger partial charge in [0.15, 0.2) is 6.10 Å². The summed E-state index contributed by atoms with van der Waals surface area (Å²) >= 11 is 0. The fourth-order valence-corrected chi connectivity index (χ4v) is 3.18. The van der Waals surface area contributed by atoms with Gasteiger partial charge in [0, 0.05) is 26.2 Å². The number of carbonyl (C=O) groups excluding carboxylic acids is 2. The van der Waals surface area contributed by atoms with Gasteiger partial charge in [-0.2, -0.15) is 0 Å². The molecule has 1 N–H and O–H groups in total. The van der Waals surface area contributed by atoms with Crippen molar-refractivity contribution in [3.05, 3.63) is 90.0 Å². The molecule has 0 aliphatic carbocycles. The molecular formula is C25H26N2O3. The van der Waals surface area contributed by atoms with Gasteiger partial charge in [-0.15, -0.1) is 0 Å². The molecule has 0 saturated heterocycles. The van der Waals surface area contributed by atoms with Crippen molar-refractivity contribution < 1.29 is 14.3 Å². The average molecular weight is 402 g/mol. The van der Waals surface area contributed by atoms with Crippen LogP contribution in [-0.4, -0.2) is 36.9 Å². The molecule has 0 radical (unpaired) electrons. The third-order valence-electron chi connectivity index (χ3n) is 4.86. The fraction of sp³-hybridized carbons (Fsp3) is 0.200. The van der Waals surface area contributed by atoms with Crippen molar-refractivity contribution in [1.29, 1.82) is 0 Å². The highest BCUT2D eigenvalue weighted by atomic mass is 16.5. The predicted octanol–water partition coefficient (Wildman–Crippen LogP) is 4.14. The lowest BCUT2D eigenvalue weighted by molar-refractivity contribution is -0.137. The molecule has 0 fully saturated rings. The number of hydrogen-bond donors (Lipinski definition) is 1. The summed E-state index contributed by atoms with van der Waals surface area (Å²) in [6, 6.07) is 25.0. The minimum atomic E-state index is -0.609. The molecular weight excluding hydrogens is 376 g/mol. The Morgan fingerprint density at radius 1 is 0.900 bits per heavy atom. The van der Waals surface area contributed by atoms with E-state index in [0.717, 1.165) is 16.7 Å². The van der Waals surface area contributed by atoms with E-state index in [1.807, 2.05) is 54.6 Å². The number of rotatable bonds is 7. The van der Waals surface area contributed by atoms with Crippen LogP contribution in [0.2, 0.25) is 0 Å². The molecule has 3 aromatic rings. The van der Waals surface area contributed by atoms with Crippen LogP contribution in [0.15, 0.2) is 78.9 Å². The van der Waals surface area contributed by atoms with E-state index in [-0.39, 0.29) is 11.8 Å². The van der Waals surface area contributed by atoms with E-state index in [2.05, 4.69) is 17.4 Å². The Balaban J connectivity index is 1.57. The van der Waals surface area contributed by atoms with Crippen LogP contribution >= 0.6 is 0 Å². The van der Waals surface area contributed by atoms with Crippen LogP contribution in [0.5, 0.6) is 5.75 Å². The lowest BCUT2D eigenvalue weighted by Crippen LogP contribution is -2.37. The Hall–Kier alpha value is -3.60. The SMILES string of the molecule is CNC(=O)c1ccc(CN(C)C(=O)[C@H](C)Oc2ccc(-c3ccccc3)cc2)cc1. The van der Waals surface area contributed by atoms with Crippen molar-refractivity contribution in [3.8, 4) is 16.9 Å². The molecule has 30 heavy (non-hydrogen) atoms. The summed E-state index contributed by atoms with van der Waals surface area (Å²) in [5.41, 5.74) is 3.76. The van der Waals surface area contributed by atoms with Gasteiger partial charge in [-0.3, -0.25) is 9.59 Å². The summed E-state index contributed by atoms with van der Waals surface area (Å²) < 4.78 is 5.85. The number of nitrogens with zero attached hydrogens (tertiary/aromatic N) is 1. The molecule has 1 atom stereocenters. The summed E-state index contributed by atoms with van der Waals surface area (Å²) in [5, 5.41) is 2.59. The minimum absolute atomic E-state index is 0.113. The van der Waals surface area contributed by atoms with E-state index < -0.39 is 6.10 Å². The normalized spacial score (nSPS) is 11.4. The molecule has 5 nitrogen and oxygen atoms in total. The molecule has 0 aliphatic rings. The molecule has 0 unspecified atom stereocenters. The van der Waals surface area contributed by atoms with Gasteiger partial charge in [0.2, 0.25) is 0 Å². The highest BCUT2D eigenvalue weighted by Crippen LogP contribution is 2.23. The quantitative estimate of drug-likeness (QED) is 0.646. The largest absolute Gasteiger partial charge is 0.481 e. The molecule has 0 aliphatic heterocycles.